The highest BCUT2D eigenvalue weighted by Gasteiger charge is 2.14. The van der Waals surface area contributed by atoms with Crippen molar-refractivity contribution in [3.63, 3.8) is 0 Å². The average molecular weight is 366 g/mol. The van der Waals surface area contributed by atoms with Crippen LogP contribution in [0.4, 0.5) is 15.8 Å². The fourth-order valence-electron chi connectivity index (χ4n) is 1.67. The summed E-state index contributed by atoms with van der Waals surface area (Å²) in [5.41, 5.74) is 1.79. The number of rotatable bonds is 3. The van der Waals surface area contributed by atoms with Gasteiger partial charge in [0.25, 0.3) is 5.88 Å². The van der Waals surface area contributed by atoms with Crippen LogP contribution in [0.2, 0.25) is 5.02 Å². The first kappa shape index (κ1) is 22.7. The first-order valence-corrected chi connectivity index (χ1v) is 8.51. The van der Waals surface area contributed by atoms with Gasteiger partial charge < -0.3 is 10.1 Å². The molecule has 0 saturated heterocycles. The predicted molar refractivity (Wildman–Crippen MR) is 102 cm³/mol. The Morgan fingerprint density at radius 2 is 1.92 bits per heavy atom. The molecule has 0 aliphatic heterocycles. The number of nitrogens with zero attached hydrogens (tertiary/aromatic N) is 2. The molecule has 1 aromatic heterocycles. The second-order valence-electron chi connectivity index (χ2n) is 4.78. The third-order valence-electron chi connectivity index (χ3n) is 2.73. The van der Waals surface area contributed by atoms with E-state index >= 15 is 0 Å². The second kappa shape index (κ2) is 12.1. The molecule has 2 rings (SSSR count). The summed E-state index contributed by atoms with van der Waals surface area (Å²) in [5, 5.41) is 12.0. The van der Waals surface area contributed by atoms with E-state index in [1.165, 1.54) is 25.8 Å². The zero-order chi connectivity index (χ0) is 19.4. The van der Waals surface area contributed by atoms with Crippen molar-refractivity contribution in [2.24, 2.45) is 0 Å². The summed E-state index contributed by atoms with van der Waals surface area (Å²) in [6.07, 6.45) is 2.75. The van der Waals surface area contributed by atoms with E-state index in [0.29, 0.717) is 21.8 Å². The average Bonchev–Trinajstić information content (AvgIpc) is 2.62. The van der Waals surface area contributed by atoms with Gasteiger partial charge in [-0.2, -0.15) is 9.65 Å². The number of pyridine rings is 1. The Labute approximate surface area is 154 Å². The summed E-state index contributed by atoms with van der Waals surface area (Å²) in [6, 6.07) is 6.71. The van der Waals surface area contributed by atoms with Crippen LogP contribution in [0.15, 0.2) is 24.4 Å². The Morgan fingerprint density at radius 1 is 1.32 bits per heavy atom. The molecule has 1 heterocycles. The van der Waals surface area contributed by atoms with Crippen LogP contribution in [0.3, 0.4) is 0 Å². The van der Waals surface area contributed by atoms with Crippen molar-refractivity contribution in [3.8, 4) is 11.9 Å². The van der Waals surface area contributed by atoms with Crippen molar-refractivity contribution >= 4 is 23.0 Å². The molecular formula is C19H25ClFN3O. The highest BCUT2D eigenvalue weighted by atomic mass is 35.5. The maximum absolute atomic E-state index is 14.2. The van der Waals surface area contributed by atoms with E-state index in [-0.39, 0.29) is 11.6 Å². The number of hydrogen-bond donors (Lipinski definition) is 1. The smallest absolute Gasteiger partial charge is 0.252 e. The number of methoxy groups -OCH3 is 1. The number of aryl methyl sites for hydroxylation is 1. The molecule has 0 amide bonds. The lowest BCUT2D eigenvalue weighted by Crippen LogP contribution is -2.02. The monoisotopic (exact) mass is 365 g/mol. The molecular weight excluding hydrogens is 341 g/mol. The van der Waals surface area contributed by atoms with E-state index in [1.54, 1.807) is 19.1 Å². The molecule has 0 spiro atoms. The molecule has 0 unspecified atom stereocenters. The molecule has 0 fully saturated rings. The van der Waals surface area contributed by atoms with E-state index in [2.05, 4.69) is 24.1 Å². The summed E-state index contributed by atoms with van der Waals surface area (Å²) in [6.45, 7) is 9.97. The third kappa shape index (κ3) is 6.60. The van der Waals surface area contributed by atoms with Crippen LogP contribution in [0.25, 0.3) is 0 Å². The minimum absolute atomic E-state index is 0.0946. The van der Waals surface area contributed by atoms with Crippen molar-refractivity contribution < 1.29 is 9.13 Å². The summed E-state index contributed by atoms with van der Waals surface area (Å²) in [4.78, 5) is 3.84. The van der Waals surface area contributed by atoms with Crippen LogP contribution < -0.4 is 10.1 Å². The third-order valence-corrected chi connectivity index (χ3v) is 3.04. The molecule has 2 aromatic rings. The Kier molecular flexibility index (Phi) is 11.0. The first-order chi connectivity index (χ1) is 12.0. The van der Waals surface area contributed by atoms with Crippen molar-refractivity contribution in [2.45, 2.75) is 41.0 Å². The lowest BCUT2D eigenvalue weighted by molar-refractivity contribution is 0.370. The Hall–Kier alpha value is -2.32. The van der Waals surface area contributed by atoms with Gasteiger partial charge in [0.1, 0.15) is 0 Å². The molecule has 1 aromatic carbocycles. The van der Waals surface area contributed by atoms with Gasteiger partial charge >= 0.3 is 0 Å². The fraction of sp³-hybridized carbons (Fsp3) is 0.368. The molecule has 1 N–H and O–H groups in total. The van der Waals surface area contributed by atoms with Gasteiger partial charge in [-0.3, -0.25) is 0 Å². The van der Waals surface area contributed by atoms with Gasteiger partial charge in [-0.15, -0.1) is 0 Å². The standard InChI is InChI=1S/C14H11ClFN3O.C3H8.C2H6/c1-8-7-18-14(20-2)12(16)13(8)19-11-4-3-9(6-17)5-10(11)15;1-3-2;1-2/h3-5,7H,1-2H3,(H,18,19);3H2,1-2H3;1-2H3. The lowest BCUT2D eigenvalue weighted by Gasteiger charge is -2.13. The number of hydrogen-bond acceptors (Lipinski definition) is 4. The Bertz CT molecular complexity index is 715. The molecule has 0 aliphatic rings. The molecule has 25 heavy (non-hydrogen) atoms. The van der Waals surface area contributed by atoms with Gasteiger partial charge in [-0.1, -0.05) is 45.7 Å². The summed E-state index contributed by atoms with van der Waals surface area (Å²) < 4.78 is 19.0. The van der Waals surface area contributed by atoms with Gasteiger partial charge in [0.2, 0.25) is 5.82 Å². The highest BCUT2D eigenvalue weighted by molar-refractivity contribution is 6.33. The van der Waals surface area contributed by atoms with Crippen LogP contribution in [-0.2, 0) is 0 Å². The lowest BCUT2D eigenvalue weighted by atomic mass is 10.2. The predicted octanol–water partition coefficient (Wildman–Crippen LogP) is 6.25. The van der Waals surface area contributed by atoms with E-state index in [4.69, 9.17) is 21.6 Å². The van der Waals surface area contributed by atoms with Crippen LogP contribution in [0.5, 0.6) is 5.88 Å². The molecule has 6 heteroatoms. The highest BCUT2D eigenvalue weighted by Crippen LogP contribution is 2.31. The number of aromatic nitrogens is 1. The molecule has 0 saturated carbocycles. The number of halogens is 2. The molecule has 136 valence electrons. The van der Waals surface area contributed by atoms with Gasteiger partial charge in [0, 0.05) is 6.20 Å². The molecule has 0 radical (unpaired) electrons. The molecule has 0 atom stereocenters. The fourth-order valence-corrected chi connectivity index (χ4v) is 1.90. The van der Waals surface area contributed by atoms with Crippen LogP contribution in [-0.4, -0.2) is 12.1 Å². The van der Waals surface area contributed by atoms with Gasteiger partial charge in [-0.25, -0.2) is 4.98 Å². The topological polar surface area (TPSA) is 57.9 Å². The number of ether oxygens (including phenoxy) is 1. The normalized spacial score (nSPS) is 8.92. The number of nitriles is 1. The summed E-state index contributed by atoms with van der Waals surface area (Å²) >= 11 is 6.05. The Balaban J connectivity index is 0.00000104. The molecule has 0 bridgehead atoms. The van der Waals surface area contributed by atoms with Gasteiger partial charge in [0.05, 0.1) is 35.1 Å². The van der Waals surface area contributed by atoms with Crippen LogP contribution in [0.1, 0.15) is 45.2 Å². The van der Waals surface area contributed by atoms with E-state index < -0.39 is 5.82 Å². The largest absolute Gasteiger partial charge is 0.479 e. The van der Waals surface area contributed by atoms with Crippen molar-refractivity contribution in [2.75, 3.05) is 12.4 Å². The quantitative estimate of drug-likeness (QED) is 0.698. The van der Waals surface area contributed by atoms with Crippen molar-refractivity contribution in [1.29, 1.82) is 5.26 Å². The van der Waals surface area contributed by atoms with Crippen molar-refractivity contribution in [3.05, 3.63) is 46.4 Å². The SMILES string of the molecule is CC.CCC.COc1ncc(C)c(Nc2ccc(C#N)cc2Cl)c1F. The van der Waals surface area contributed by atoms with E-state index in [0.717, 1.165) is 0 Å². The van der Waals surface area contributed by atoms with Gasteiger partial charge in [0.15, 0.2) is 0 Å². The minimum atomic E-state index is -0.590. The minimum Gasteiger partial charge on any atom is -0.479 e. The Morgan fingerprint density at radius 3 is 2.40 bits per heavy atom. The van der Waals surface area contributed by atoms with Gasteiger partial charge in [-0.05, 0) is 30.7 Å². The summed E-state index contributed by atoms with van der Waals surface area (Å²) in [7, 11) is 1.35. The van der Waals surface area contributed by atoms with E-state index in [9.17, 15) is 4.39 Å². The van der Waals surface area contributed by atoms with Crippen molar-refractivity contribution in [1.82, 2.24) is 4.98 Å². The van der Waals surface area contributed by atoms with E-state index in [1.807, 2.05) is 19.9 Å². The zero-order valence-corrected chi connectivity index (χ0v) is 16.3. The zero-order valence-electron chi connectivity index (χ0n) is 15.6. The second-order valence-corrected chi connectivity index (χ2v) is 5.19. The number of benzene rings is 1. The molecule has 0 aliphatic carbocycles. The number of nitrogens with one attached hydrogen (secondary N) is 1. The molecule has 4 nitrogen and oxygen atoms in total. The maximum atomic E-state index is 14.2. The van der Waals surface area contributed by atoms with Crippen LogP contribution >= 0.6 is 11.6 Å². The summed E-state index contributed by atoms with van der Waals surface area (Å²) in [5.74, 6) is -0.684. The first-order valence-electron chi connectivity index (χ1n) is 8.14. The number of anilines is 2. The van der Waals surface area contributed by atoms with Crippen LogP contribution in [0, 0.1) is 24.1 Å². The maximum Gasteiger partial charge on any atom is 0.252 e.